The molecule has 0 aliphatic carbocycles. The maximum absolute atomic E-state index is 12.1. The minimum atomic E-state index is -0.835. The number of carbonyl (C=O) groups is 1. The Balaban J connectivity index is 0.00000243. The second-order valence-corrected chi connectivity index (χ2v) is 5.52. The summed E-state index contributed by atoms with van der Waals surface area (Å²) >= 11 is 0. The Kier molecular flexibility index (Phi) is 6.67. The van der Waals surface area contributed by atoms with Gasteiger partial charge in [0.15, 0.2) is 0 Å². The molecule has 0 amide bonds. The Hall–Kier alpha value is -2.49. The van der Waals surface area contributed by atoms with Gasteiger partial charge in [-0.15, -0.1) is 12.4 Å². The van der Waals surface area contributed by atoms with Gasteiger partial charge in [-0.05, 0) is 12.1 Å². The fourth-order valence-electron chi connectivity index (χ4n) is 2.54. The van der Waals surface area contributed by atoms with E-state index in [0.29, 0.717) is 19.8 Å². The fourth-order valence-corrected chi connectivity index (χ4v) is 2.54. The van der Waals surface area contributed by atoms with E-state index in [2.05, 4.69) is 4.90 Å². The molecule has 0 radical (unpaired) electrons. The minimum Gasteiger partial charge on any atom is -0.461 e. The summed E-state index contributed by atoms with van der Waals surface area (Å²) in [6, 6.07) is 5.04. The summed E-state index contributed by atoms with van der Waals surface area (Å²) in [5, 5.41) is 11.1. The van der Waals surface area contributed by atoms with Gasteiger partial charge in [0.25, 0.3) is 5.69 Å². The van der Waals surface area contributed by atoms with Crippen LogP contribution in [0.3, 0.4) is 0 Å². The molecular weight excluding hydrogens is 368 g/mol. The van der Waals surface area contributed by atoms with Gasteiger partial charge in [-0.3, -0.25) is 15.0 Å². The summed E-state index contributed by atoms with van der Waals surface area (Å²) in [7, 11) is 0. The number of nitrogens with zero attached hydrogens (tertiary/aromatic N) is 2. The topological polar surface area (TPSA) is 112 Å². The minimum absolute atomic E-state index is 0. The average molecular weight is 385 g/mol. The van der Waals surface area contributed by atoms with Gasteiger partial charge in [-0.1, -0.05) is 0 Å². The quantitative estimate of drug-likeness (QED) is 0.331. The third-order valence-electron chi connectivity index (χ3n) is 3.89. The largest absolute Gasteiger partial charge is 0.461 e. The molecule has 1 aliphatic rings. The molecule has 1 aromatic heterocycles. The van der Waals surface area contributed by atoms with Crippen LogP contribution in [0.5, 0.6) is 0 Å². The maximum atomic E-state index is 12.1. The monoisotopic (exact) mass is 384 g/mol. The summed E-state index contributed by atoms with van der Waals surface area (Å²) < 4.78 is 15.4. The van der Waals surface area contributed by atoms with E-state index in [1.807, 2.05) is 0 Å². The van der Waals surface area contributed by atoms with E-state index in [9.17, 15) is 19.7 Å². The predicted molar refractivity (Wildman–Crippen MR) is 93.9 cm³/mol. The van der Waals surface area contributed by atoms with Gasteiger partial charge in [0.1, 0.15) is 17.8 Å². The number of non-ortho nitro benzene ring substituents is 1. The zero-order valence-corrected chi connectivity index (χ0v) is 14.5. The Morgan fingerprint density at radius 2 is 2.00 bits per heavy atom. The molecule has 1 aliphatic heterocycles. The fraction of sp³-hybridized carbons (Fsp3) is 0.375. The predicted octanol–water partition coefficient (Wildman–Crippen LogP) is 1.61. The number of morpholine rings is 1. The van der Waals surface area contributed by atoms with Gasteiger partial charge >= 0.3 is 11.6 Å². The van der Waals surface area contributed by atoms with Gasteiger partial charge in [0.2, 0.25) is 0 Å². The number of nitro groups is 1. The normalized spacial score (nSPS) is 14.6. The Labute approximate surface area is 154 Å². The standard InChI is InChI=1S/C16H16N2O7.ClH/c19-15(24-8-5-17-3-6-23-7-4-17)13-10-11-9-12(18(21)22)1-2-14(11)25-16(13)20;/h1-2,9-10H,3-8H2;1H. The molecule has 9 nitrogen and oxygen atoms in total. The van der Waals surface area contributed by atoms with Crippen LogP contribution in [0.4, 0.5) is 5.69 Å². The molecule has 1 saturated heterocycles. The van der Waals surface area contributed by atoms with Crippen LogP contribution in [-0.2, 0) is 9.47 Å². The highest BCUT2D eigenvalue weighted by Crippen LogP contribution is 2.20. The molecule has 2 heterocycles. The van der Waals surface area contributed by atoms with Crippen molar-refractivity contribution in [3.05, 3.63) is 50.4 Å². The Morgan fingerprint density at radius 3 is 2.69 bits per heavy atom. The molecule has 2 aromatic rings. The van der Waals surface area contributed by atoms with E-state index in [1.54, 1.807) is 0 Å². The number of hydrogen-bond donors (Lipinski definition) is 0. The third kappa shape index (κ3) is 4.57. The molecule has 0 bridgehead atoms. The van der Waals surface area contributed by atoms with E-state index in [4.69, 9.17) is 13.9 Å². The van der Waals surface area contributed by atoms with Crippen LogP contribution < -0.4 is 5.63 Å². The van der Waals surface area contributed by atoms with Crippen molar-refractivity contribution in [3.63, 3.8) is 0 Å². The van der Waals surface area contributed by atoms with Gasteiger partial charge < -0.3 is 13.9 Å². The number of halogens is 1. The summed E-state index contributed by atoms with van der Waals surface area (Å²) in [5.41, 5.74) is -1.11. The van der Waals surface area contributed by atoms with E-state index < -0.39 is 16.5 Å². The van der Waals surface area contributed by atoms with Crippen molar-refractivity contribution in [1.29, 1.82) is 0 Å². The van der Waals surface area contributed by atoms with Crippen molar-refractivity contribution in [1.82, 2.24) is 4.90 Å². The lowest BCUT2D eigenvalue weighted by molar-refractivity contribution is -0.384. The summed E-state index contributed by atoms with van der Waals surface area (Å²) in [6.07, 6.45) is 0. The average Bonchev–Trinajstić information content (AvgIpc) is 2.61. The molecule has 140 valence electrons. The first-order valence-corrected chi connectivity index (χ1v) is 7.74. The zero-order chi connectivity index (χ0) is 17.8. The molecule has 0 unspecified atom stereocenters. The van der Waals surface area contributed by atoms with Crippen molar-refractivity contribution in [3.8, 4) is 0 Å². The number of carbonyl (C=O) groups excluding carboxylic acids is 1. The lowest BCUT2D eigenvalue weighted by atomic mass is 10.1. The van der Waals surface area contributed by atoms with Crippen molar-refractivity contribution in [2.75, 3.05) is 39.5 Å². The molecule has 0 N–H and O–H groups in total. The van der Waals surface area contributed by atoms with Crippen molar-refractivity contribution < 1.29 is 23.6 Å². The van der Waals surface area contributed by atoms with E-state index in [-0.39, 0.29) is 41.2 Å². The van der Waals surface area contributed by atoms with Crippen LogP contribution >= 0.6 is 12.4 Å². The van der Waals surface area contributed by atoms with Gasteiger partial charge in [-0.25, -0.2) is 9.59 Å². The number of esters is 1. The highest BCUT2D eigenvalue weighted by molar-refractivity contribution is 5.93. The first kappa shape index (κ1) is 19.8. The summed E-state index contributed by atoms with van der Waals surface area (Å²) in [5.74, 6) is -0.810. The molecule has 0 spiro atoms. The number of nitro benzene ring substituents is 1. The number of ether oxygens (including phenoxy) is 2. The number of rotatable bonds is 5. The molecule has 0 atom stereocenters. The second kappa shape index (κ2) is 8.75. The first-order valence-electron chi connectivity index (χ1n) is 7.74. The molecule has 26 heavy (non-hydrogen) atoms. The van der Waals surface area contributed by atoms with Crippen molar-refractivity contribution >= 4 is 35.0 Å². The van der Waals surface area contributed by atoms with Gasteiger partial charge in [0, 0.05) is 37.2 Å². The highest BCUT2D eigenvalue weighted by Gasteiger charge is 2.18. The SMILES string of the molecule is Cl.O=C(OCCN1CCOCC1)c1cc2cc([N+](=O)[O-])ccc2oc1=O. The first-order chi connectivity index (χ1) is 12.0. The molecular formula is C16H17ClN2O7. The summed E-state index contributed by atoms with van der Waals surface area (Å²) in [6.45, 7) is 3.48. The lowest BCUT2D eigenvalue weighted by Crippen LogP contribution is -2.38. The van der Waals surface area contributed by atoms with Crippen LogP contribution in [0, 0.1) is 10.1 Å². The van der Waals surface area contributed by atoms with Crippen LogP contribution in [-0.4, -0.2) is 55.2 Å². The van der Waals surface area contributed by atoms with E-state index in [1.165, 1.54) is 24.3 Å². The van der Waals surface area contributed by atoms with Gasteiger partial charge in [-0.2, -0.15) is 0 Å². The van der Waals surface area contributed by atoms with Gasteiger partial charge in [0.05, 0.1) is 18.1 Å². The number of hydrogen-bond acceptors (Lipinski definition) is 8. The Bertz CT molecular complexity index is 861. The molecule has 10 heteroatoms. The molecule has 1 fully saturated rings. The Morgan fingerprint density at radius 1 is 1.27 bits per heavy atom. The number of fused-ring (bicyclic) bond motifs is 1. The lowest BCUT2D eigenvalue weighted by Gasteiger charge is -2.26. The zero-order valence-electron chi connectivity index (χ0n) is 13.7. The second-order valence-electron chi connectivity index (χ2n) is 5.52. The summed E-state index contributed by atoms with van der Waals surface area (Å²) in [4.78, 5) is 36.4. The molecule has 3 rings (SSSR count). The maximum Gasteiger partial charge on any atom is 0.351 e. The smallest absolute Gasteiger partial charge is 0.351 e. The molecule has 0 saturated carbocycles. The highest BCUT2D eigenvalue weighted by atomic mass is 35.5. The van der Waals surface area contributed by atoms with Crippen LogP contribution in [0.2, 0.25) is 0 Å². The third-order valence-corrected chi connectivity index (χ3v) is 3.89. The van der Waals surface area contributed by atoms with Crippen molar-refractivity contribution in [2.24, 2.45) is 0 Å². The van der Waals surface area contributed by atoms with Crippen LogP contribution in [0.15, 0.2) is 33.5 Å². The number of benzene rings is 1. The van der Waals surface area contributed by atoms with E-state index in [0.717, 1.165) is 13.1 Å². The van der Waals surface area contributed by atoms with E-state index >= 15 is 0 Å². The van der Waals surface area contributed by atoms with Crippen molar-refractivity contribution in [2.45, 2.75) is 0 Å². The molecule has 1 aromatic carbocycles. The van der Waals surface area contributed by atoms with Crippen LogP contribution in [0.1, 0.15) is 10.4 Å². The van der Waals surface area contributed by atoms with Crippen LogP contribution in [0.25, 0.3) is 11.0 Å².